The highest BCUT2D eigenvalue weighted by molar-refractivity contribution is 7.10. The third-order valence-electron chi connectivity index (χ3n) is 4.98. The van der Waals surface area contributed by atoms with Crippen LogP contribution in [0.5, 0.6) is 0 Å². The molecule has 2 aliphatic rings. The highest BCUT2D eigenvalue weighted by Gasteiger charge is 2.54. The molecule has 0 saturated heterocycles. The Balaban J connectivity index is 2.36. The Bertz CT molecular complexity index is 824. The SMILES string of the molecule is Cc1ccsc1C1C2CCCC=C2C(C#N)=C(N)C1(C#N)C#N. The van der Waals surface area contributed by atoms with Gasteiger partial charge in [0, 0.05) is 10.8 Å². The van der Waals surface area contributed by atoms with Gasteiger partial charge in [0.25, 0.3) is 0 Å². The molecule has 0 aliphatic heterocycles. The van der Waals surface area contributed by atoms with Crippen molar-refractivity contribution >= 4 is 11.3 Å². The van der Waals surface area contributed by atoms with Gasteiger partial charge in [-0.05, 0) is 54.7 Å². The van der Waals surface area contributed by atoms with Crippen LogP contribution in [0.15, 0.2) is 34.4 Å². The van der Waals surface area contributed by atoms with Crippen LogP contribution in [0.4, 0.5) is 0 Å². The quantitative estimate of drug-likeness (QED) is 0.854. The predicted molar refractivity (Wildman–Crippen MR) is 87.7 cm³/mol. The lowest BCUT2D eigenvalue weighted by molar-refractivity contribution is 0.321. The van der Waals surface area contributed by atoms with E-state index in [9.17, 15) is 15.8 Å². The molecule has 4 nitrogen and oxygen atoms in total. The van der Waals surface area contributed by atoms with Gasteiger partial charge in [0.15, 0.2) is 5.41 Å². The fraction of sp³-hybridized carbons (Fsp3) is 0.389. The average Bonchev–Trinajstić information content (AvgIpc) is 2.99. The molecule has 0 radical (unpaired) electrons. The summed E-state index contributed by atoms with van der Waals surface area (Å²) in [7, 11) is 0. The van der Waals surface area contributed by atoms with Crippen LogP contribution >= 0.6 is 11.3 Å². The lowest BCUT2D eigenvalue weighted by Crippen LogP contribution is -2.42. The first-order chi connectivity index (χ1) is 11.1. The predicted octanol–water partition coefficient (Wildman–Crippen LogP) is 3.65. The van der Waals surface area contributed by atoms with Crippen molar-refractivity contribution in [1.29, 1.82) is 15.8 Å². The summed E-state index contributed by atoms with van der Waals surface area (Å²) in [4.78, 5) is 1.03. The number of nitrogens with zero attached hydrogens (tertiary/aromatic N) is 3. The molecule has 0 bridgehead atoms. The van der Waals surface area contributed by atoms with E-state index in [4.69, 9.17) is 5.73 Å². The van der Waals surface area contributed by atoms with Gasteiger partial charge < -0.3 is 5.73 Å². The first-order valence-corrected chi connectivity index (χ1v) is 8.46. The van der Waals surface area contributed by atoms with Crippen LogP contribution in [0.3, 0.4) is 0 Å². The lowest BCUT2D eigenvalue weighted by atomic mass is 9.58. The molecule has 0 aromatic carbocycles. The Morgan fingerprint density at radius 2 is 2.04 bits per heavy atom. The molecular weight excluding hydrogens is 304 g/mol. The number of nitrogens with two attached hydrogens (primary N) is 1. The summed E-state index contributed by atoms with van der Waals surface area (Å²) < 4.78 is 0. The molecule has 1 aromatic rings. The van der Waals surface area contributed by atoms with Crippen molar-refractivity contribution < 1.29 is 0 Å². The zero-order valence-corrected chi connectivity index (χ0v) is 13.7. The van der Waals surface area contributed by atoms with Crippen molar-refractivity contribution in [2.24, 2.45) is 17.1 Å². The summed E-state index contributed by atoms with van der Waals surface area (Å²) in [5.74, 6) is -0.302. The maximum Gasteiger partial charge on any atom is 0.192 e. The summed E-state index contributed by atoms with van der Waals surface area (Å²) in [5, 5.41) is 31.3. The van der Waals surface area contributed by atoms with Gasteiger partial charge in [0.2, 0.25) is 0 Å². The second-order valence-electron chi connectivity index (χ2n) is 6.07. The molecule has 1 aromatic heterocycles. The number of allylic oxidation sites excluding steroid dienone is 4. The normalized spacial score (nSPS) is 25.6. The summed E-state index contributed by atoms with van der Waals surface area (Å²) >= 11 is 1.57. The summed E-state index contributed by atoms with van der Waals surface area (Å²) in [6.45, 7) is 2.00. The van der Waals surface area contributed by atoms with Gasteiger partial charge in [0.05, 0.1) is 23.4 Å². The maximum absolute atomic E-state index is 9.86. The minimum absolute atomic E-state index is 0.00218. The van der Waals surface area contributed by atoms with Gasteiger partial charge in [-0.1, -0.05) is 6.08 Å². The number of nitriles is 3. The summed E-state index contributed by atoms with van der Waals surface area (Å²) in [6.07, 6.45) is 4.85. The van der Waals surface area contributed by atoms with Crippen molar-refractivity contribution in [3.05, 3.63) is 44.8 Å². The van der Waals surface area contributed by atoms with Gasteiger partial charge in [-0.25, -0.2) is 0 Å². The largest absolute Gasteiger partial charge is 0.399 e. The van der Waals surface area contributed by atoms with Gasteiger partial charge in [0.1, 0.15) is 6.07 Å². The number of fused-ring (bicyclic) bond motifs is 1. The van der Waals surface area contributed by atoms with Crippen molar-refractivity contribution in [3.63, 3.8) is 0 Å². The second-order valence-corrected chi connectivity index (χ2v) is 7.02. The Morgan fingerprint density at radius 1 is 1.30 bits per heavy atom. The van der Waals surface area contributed by atoms with Gasteiger partial charge in [-0.2, -0.15) is 15.8 Å². The fourth-order valence-electron chi connectivity index (χ4n) is 3.85. The number of thiophene rings is 1. The monoisotopic (exact) mass is 320 g/mol. The lowest BCUT2D eigenvalue weighted by Gasteiger charge is -2.43. The van der Waals surface area contributed by atoms with Crippen molar-refractivity contribution in [2.75, 3.05) is 0 Å². The molecule has 0 fully saturated rings. The van der Waals surface area contributed by atoms with E-state index in [-0.39, 0.29) is 17.5 Å². The molecule has 0 spiro atoms. The Morgan fingerprint density at radius 3 is 2.61 bits per heavy atom. The minimum Gasteiger partial charge on any atom is -0.399 e. The molecule has 2 aliphatic carbocycles. The van der Waals surface area contributed by atoms with Crippen LogP contribution in [-0.2, 0) is 0 Å². The van der Waals surface area contributed by atoms with E-state index in [1.54, 1.807) is 11.3 Å². The molecule has 114 valence electrons. The van der Waals surface area contributed by atoms with Crippen molar-refractivity contribution in [1.82, 2.24) is 0 Å². The van der Waals surface area contributed by atoms with E-state index < -0.39 is 5.41 Å². The Hall–Kier alpha value is -2.55. The van der Waals surface area contributed by atoms with Gasteiger partial charge >= 0.3 is 0 Å². The van der Waals surface area contributed by atoms with Crippen molar-refractivity contribution in [3.8, 4) is 18.2 Å². The minimum atomic E-state index is -1.47. The van der Waals surface area contributed by atoms with E-state index in [0.717, 1.165) is 35.3 Å². The zero-order valence-electron chi connectivity index (χ0n) is 12.8. The van der Waals surface area contributed by atoms with Crippen LogP contribution in [0.25, 0.3) is 0 Å². The van der Waals surface area contributed by atoms with Crippen LogP contribution in [0.2, 0.25) is 0 Å². The van der Waals surface area contributed by atoms with Crippen LogP contribution in [0, 0.1) is 52.2 Å². The third-order valence-corrected chi connectivity index (χ3v) is 6.09. The summed E-state index contributed by atoms with van der Waals surface area (Å²) in [6, 6.07) is 8.48. The molecular formula is C18H16N4S. The Kier molecular flexibility index (Phi) is 3.72. The number of hydrogen-bond acceptors (Lipinski definition) is 5. The van der Waals surface area contributed by atoms with E-state index in [1.807, 2.05) is 18.4 Å². The van der Waals surface area contributed by atoms with Crippen LogP contribution in [-0.4, -0.2) is 0 Å². The molecule has 2 unspecified atom stereocenters. The zero-order chi connectivity index (χ0) is 16.6. The smallest absolute Gasteiger partial charge is 0.192 e. The van der Waals surface area contributed by atoms with Crippen LogP contribution < -0.4 is 5.73 Å². The Labute approximate surface area is 139 Å². The van der Waals surface area contributed by atoms with Crippen LogP contribution in [0.1, 0.15) is 35.6 Å². The highest BCUT2D eigenvalue weighted by atomic mass is 32.1. The molecule has 0 saturated carbocycles. The number of rotatable bonds is 1. The van der Waals surface area contributed by atoms with Crippen molar-refractivity contribution in [2.45, 2.75) is 32.1 Å². The molecule has 1 heterocycles. The highest BCUT2D eigenvalue weighted by Crippen LogP contribution is 2.57. The molecule has 0 amide bonds. The second kappa shape index (κ2) is 5.58. The third kappa shape index (κ3) is 2.00. The van der Waals surface area contributed by atoms with Gasteiger partial charge in [-0.3, -0.25) is 0 Å². The number of aryl methyl sites for hydroxylation is 1. The van der Waals surface area contributed by atoms with Gasteiger partial charge in [-0.15, -0.1) is 11.3 Å². The molecule has 2 atom stereocenters. The molecule has 5 heteroatoms. The number of hydrogen-bond donors (Lipinski definition) is 1. The molecule has 2 N–H and O–H groups in total. The fourth-order valence-corrected chi connectivity index (χ4v) is 5.01. The standard InChI is InChI=1S/C18H16N4S/c1-11-6-7-23-16(11)15-13-5-3-2-4-12(13)14(8-19)17(22)18(15,9-20)10-21/h4,6-7,13,15H,2-3,5,22H2,1H3. The summed E-state index contributed by atoms with van der Waals surface area (Å²) in [5.41, 5.74) is 7.20. The van der Waals surface area contributed by atoms with E-state index in [1.165, 1.54) is 0 Å². The average molecular weight is 320 g/mol. The first-order valence-electron chi connectivity index (χ1n) is 7.58. The van der Waals surface area contributed by atoms with E-state index in [2.05, 4.69) is 24.3 Å². The van der Waals surface area contributed by atoms with E-state index >= 15 is 0 Å². The first kappa shape index (κ1) is 15.3. The maximum atomic E-state index is 9.86. The van der Waals surface area contributed by atoms with E-state index in [0.29, 0.717) is 5.57 Å². The molecule has 3 rings (SSSR count). The molecule has 23 heavy (non-hydrogen) atoms. The topological polar surface area (TPSA) is 97.4 Å².